The summed E-state index contributed by atoms with van der Waals surface area (Å²) in [5.74, 6) is -0.278. The number of imide groups is 1. The van der Waals surface area contributed by atoms with Crippen molar-refractivity contribution < 1.29 is 18.8 Å². The summed E-state index contributed by atoms with van der Waals surface area (Å²) in [5, 5.41) is 2.53. The van der Waals surface area contributed by atoms with E-state index in [9.17, 15) is 14.4 Å². The molecule has 1 N–H and O–H groups in total. The zero-order valence-corrected chi connectivity index (χ0v) is 17.3. The summed E-state index contributed by atoms with van der Waals surface area (Å²) in [6.45, 7) is 2.44. The lowest BCUT2D eigenvalue weighted by Crippen LogP contribution is -2.47. The van der Waals surface area contributed by atoms with Gasteiger partial charge in [-0.2, -0.15) is 0 Å². The molecule has 4 rings (SSSR count). The molecule has 2 saturated heterocycles. The Morgan fingerprint density at radius 2 is 1.90 bits per heavy atom. The van der Waals surface area contributed by atoms with E-state index in [0.717, 1.165) is 49.1 Å². The van der Waals surface area contributed by atoms with Crippen LogP contribution in [0.1, 0.15) is 24.2 Å². The van der Waals surface area contributed by atoms with Gasteiger partial charge in [0.1, 0.15) is 12.3 Å². The molecule has 0 bridgehead atoms. The van der Waals surface area contributed by atoms with Crippen molar-refractivity contribution in [2.75, 3.05) is 19.6 Å². The summed E-state index contributed by atoms with van der Waals surface area (Å²) in [5.41, 5.74) is 1.28. The zero-order chi connectivity index (χ0) is 20.9. The molecule has 30 heavy (non-hydrogen) atoms. The van der Waals surface area contributed by atoms with E-state index in [0.29, 0.717) is 5.76 Å². The number of furan rings is 1. The van der Waals surface area contributed by atoms with Crippen LogP contribution in [0.4, 0.5) is 4.79 Å². The third kappa shape index (κ3) is 5.01. The van der Waals surface area contributed by atoms with Gasteiger partial charge in [-0.25, -0.2) is 0 Å². The van der Waals surface area contributed by atoms with E-state index in [1.165, 1.54) is 17.9 Å². The molecule has 1 aromatic carbocycles. The van der Waals surface area contributed by atoms with Gasteiger partial charge >= 0.3 is 0 Å². The molecule has 2 aromatic rings. The van der Waals surface area contributed by atoms with Crippen LogP contribution in [0.25, 0.3) is 6.08 Å². The molecular formula is C22H23N3O4S. The molecule has 0 unspecified atom stereocenters. The van der Waals surface area contributed by atoms with E-state index in [2.05, 4.69) is 22.3 Å². The fraction of sp³-hybridized carbons (Fsp3) is 0.318. The number of benzene rings is 1. The molecule has 3 heterocycles. The molecule has 0 radical (unpaired) electrons. The topological polar surface area (TPSA) is 82.9 Å². The minimum absolute atomic E-state index is 0.0584. The number of likely N-dealkylation sites (tertiary alicyclic amines) is 1. The molecule has 0 spiro atoms. The van der Waals surface area contributed by atoms with E-state index in [4.69, 9.17) is 4.42 Å². The molecule has 0 atom stereocenters. The minimum atomic E-state index is -0.464. The average molecular weight is 426 g/mol. The molecule has 1 aromatic heterocycles. The number of nitrogens with zero attached hydrogens (tertiary/aromatic N) is 2. The van der Waals surface area contributed by atoms with Crippen molar-refractivity contribution in [1.29, 1.82) is 0 Å². The van der Waals surface area contributed by atoms with Crippen molar-refractivity contribution in [3.63, 3.8) is 0 Å². The van der Waals surface area contributed by atoms with Gasteiger partial charge in [0.25, 0.3) is 11.1 Å². The minimum Gasteiger partial charge on any atom is -0.465 e. The quantitative estimate of drug-likeness (QED) is 0.716. The number of carbonyl (C=O) groups excluding carboxylic acids is 3. The van der Waals surface area contributed by atoms with Crippen LogP contribution in [-0.2, 0) is 16.1 Å². The second-order valence-corrected chi connectivity index (χ2v) is 8.38. The van der Waals surface area contributed by atoms with Crippen LogP contribution < -0.4 is 5.32 Å². The van der Waals surface area contributed by atoms with Gasteiger partial charge in [-0.3, -0.25) is 24.2 Å². The van der Waals surface area contributed by atoms with E-state index in [1.54, 1.807) is 12.1 Å². The first kappa shape index (κ1) is 20.4. The molecule has 0 saturated carbocycles. The van der Waals surface area contributed by atoms with Gasteiger partial charge in [-0.15, -0.1) is 0 Å². The fourth-order valence-electron chi connectivity index (χ4n) is 3.63. The highest BCUT2D eigenvalue weighted by atomic mass is 32.2. The third-order valence-corrected chi connectivity index (χ3v) is 6.10. The number of hydrogen-bond acceptors (Lipinski definition) is 6. The molecule has 8 heteroatoms. The highest BCUT2D eigenvalue weighted by Gasteiger charge is 2.36. The Morgan fingerprint density at radius 1 is 1.13 bits per heavy atom. The number of piperidine rings is 1. The van der Waals surface area contributed by atoms with Crippen molar-refractivity contribution >= 4 is 34.9 Å². The monoisotopic (exact) mass is 425 g/mol. The van der Waals surface area contributed by atoms with Crippen LogP contribution in [-0.4, -0.2) is 52.5 Å². The van der Waals surface area contributed by atoms with Gasteiger partial charge in [-0.1, -0.05) is 30.3 Å². The molecule has 0 aliphatic carbocycles. The fourth-order valence-corrected chi connectivity index (χ4v) is 4.45. The highest BCUT2D eigenvalue weighted by molar-refractivity contribution is 8.18. The normalized spacial score (nSPS) is 19.6. The summed E-state index contributed by atoms with van der Waals surface area (Å²) >= 11 is 0.821. The maximum Gasteiger partial charge on any atom is 0.294 e. The van der Waals surface area contributed by atoms with Crippen molar-refractivity contribution in [3.05, 3.63) is 65.0 Å². The number of amides is 3. The average Bonchev–Trinajstić information content (AvgIpc) is 3.34. The van der Waals surface area contributed by atoms with Gasteiger partial charge in [-0.05, 0) is 42.3 Å². The predicted octanol–water partition coefficient (Wildman–Crippen LogP) is 3.10. The molecule has 2 aliphatic heterocycles. The highest BCUT2D eigenvalue weighted by Crippen LogP contribution is 2.32. The first-order valence-corrected chi connectivity index (χ1v) is 10.7. The van der Waals surface area contributed by atoms with Gasteiger partial charge in [0.2, 0.25) is 5.91 Å². The van der Waals surface area contributed by atoms with Gasteiger partial charge in [0.15, 0.2) is 0 Å². The SMILES string of the molecule is O=C(CN1C(=O)S/C(=C\c2ccco2)C1=O)NC1CCN(Cc2ccccc2)CC1. The van der Waals surface area contributed by atoms with Crippen LogP contribution >= 0.6 is 11.8 Å². The molecule has 2 fully saturated rings. The maximum atomic E-state index is 12.5. The Morgan fingerprint density at radius 3 is 2.60 bits per heavy atom. The van der Waals surface area contributed by atoms with Crippen molar-refractivity contribution in [2.45, 2.75) is 25.4 Å². The smallest absolute Gasteiger partial charge is 0.294 e. The molecule has 3 amide bonds. The van der Waals surface area contributed by atoms with E-state index < -0.39 is 11.1 Å². The Labute approximate surface area is 179 Å². The van der Waals surface area contributed by atoms with Gasteiger partial charge in [0, 0.05) is 31.8 Å². The number of thioether (sulfide) groups is 1. The molecular weight excluding hydrogens is 402 g/mol. The zero-order valence-electron chi connectivity index (χ0n) is 16.5. The van der Waals surface area contributed by atoms with Crippen molar-refractivity contribution in [2.24, 2.45) is 0 Å². The number of hydrogen-bond donors (Lipinski definition) is 1. The summed E-state index contributed by atoms with van der Waals surface area (Å²) < 4.78 is 5.19. The van der Waals surface area contributed by atoms with Gasteiger partial charge < -0.3 is 9.73 Å². The summed E-state index contributed by atoms with van der Waals surface area (Å²) in [4.78, 5) is 40.7. The Hall–Kier alpha value is -2.84. The standard InChI is InChI=1S/C22H23N3O4S/c26-20(15-25-21(27)19(30-22(25)28)13-18-7-4-12-29-18)23-17-8-10-24(11-9-17)14-16-5-2-1-3-6-16/h1-7,12-13,17H,8-11,14-15H2,(H,23,26)/b19-13-. The summed E-state index contributed by atoms with van der Waals surface area (Å²) in [6.07, 6.45) is 4.71. The Balaban J connectivity index is 1.25. The van der Waals surface area contributed by atoms with Crippen LogP contribution in [0.15, 0.2) is 58.1 Å². The second kappa shape index (κ2) is 9.32. The second-order valence-electron chi connectivity index (χ2n) is 7.39. The largest absolute Gasteiger partial charge is 0.465 e. The van der Waals surface area contributed by atoms with Crippen LogP contribution in [0.5, 0.6) is 0 Å². The Kier molecular flexibility index (Phi) is 6.35. The summed E-state index contributed by atoms with van der Waals surface area (Å²) in [6, 6.07) is 13.8. The predicted molar refractivity (Wildman–Crippen MR) is 114 cm³/mol. The first-order valence-electron chi connectivity index (χ1n) is 9.93. The first-order chi connectivity index (χ1) is 14.6. The Bertz CT molecular complexity index is 935. The molecule has 156 valence electrons. The van der Waals surface area contributed by atoms with E-state index >= 15 is 0 Å². The van der Waals surface area contributed by atoms with Crippen LogP contribution in [0, 0.1) is 0 Å². The van der Waals surface area contributed by atoms with Crippen molar-refractivity contribution in [3.8, 4) is 0 Å². The van der Waals surface area contributed by atoms with Crippen molar-refractivity contribution in [1.82, 2.24) is 15.1 Å². The van der Waals surface area contributed by atoms with Gasteiger partial charge in [0.05, 0.1) is 11.2 Å². The number of rotatable bonds is 6. The lowest BCUT2D eigenvalue weighted by atomic mass is 10.0. The van der Waals surface area contributed by atoms with E-state index in [1.807, 2.05) is 18.2 Å². The lowest BCUT2D eigenvalue weighted by Gasteiger charge is -2.32. The van der Waals surface area contributed by atoms with Crippen LogP contribution in [0.3, 0.4) is 0 Å². The maximum absolute atomic E-state index is 12.5. The molecule has 2 aliphatic rings. The lowest BCUT2D eigenvalue weighted by molar-refractivity contribution is -0.129. The third-order valence-electron chi connectivity index (χ3n) is 5.19. The number of nitrogens with one attached hydrogen (secondary N) is 1. The van der Waals surface area contributed by atoms with E-state index in [-0.39, 0.29) is 23.4 Å². The summed E-state index contributed by atoms with van der Waals surface area (Å²) in [7, 11) is 0. The number of carbonyl (C=O) groups is 3. The molecule has 7 nitrogen and oxygen atoms in total. The van der Waals surface area contributed by atoms with Crippen LogP contribution in [0.2, 0.25) is 0 Å².